The Morgan fingerprint density at radius 2 is 2.12 bits per heavy atom. The predicted octanol–water partition coefficient (Wildman–Crippen LogP) is 0.655. The summed E-state index contributed by atoms with van der Waals surface area (Å²) in [5.74, 6) is 0.703. The highest BCUT2D eigenvalue weighted by Crippen LogP contribution is 2.29. The van der Waals surface area contributed by atoms with Crippen molar-refractivity contribution in [3.8, 4) is 0 Å². The van der Waals surface area contributed by atoms with Crippen LogP contribution < -0.4 is 10.9 Å². The number of rotatable bonds is 5. The number of primary sulfonamides is 1. The Labute approximate surface area is 99.2 Å². The van der Waals surface area contributed by atoms with Gasteiger partial charge in [0.05, 0.1) is 12.3 Å². The van der Waals surface area contributed by atoms with E-state index in [1.54, 1.807) is 19.2 Å². The van der Waals surface area contributed by atoms with E-state index < -0.39 is 10.0 Å². The highest BCUT2D eigenvalue weighted by molar-refractivity contribution is 7.99. The normalized spacial score (nSPS) is 11.6. The summed E-state index contributed by atoms with van der Waals surface area (Å²) in [6.45, 7) is 0.573. The number of benzene rings is 1. The second-order valence-corrected chi connectivity index (χ2v) is 5.72. The van der Waals surface area contributed by atoms with Crippen LogP contribution in [-0.4, -0.2) is 27.9 Å². The zero-order valence-corrected chi connectivity index (χ0v) is 10.5. The van der Waals surface area contributed by atoms with Crippen LogP contribution in [0.25, 0.3) is 0 Å². The van der Waals surface area contributed by atoms with E-state index in [1.165, 1.54) is 17.8 Å². The number of hydrogen-bond acceptors (Lipinski definition) is 5. The number of hydrogen-bond donors (Lipinski definition) is 2. The molecule has 90 valence electrons. The second kappa shape index (κ2) is 5.53. The van der Waals surface area contributed by atoms with Gasteiger partial charge in [0.15, 0.2) is 0 Å². The van der Waals surface area contributed by atoms with Gasteiger partial charge in [0.1, 0.15) is 4.90 Å². The first-order valence-electron chi connectivity index (χ1n) is 4.50. The molecule has 1 aromatic carbocycles. The maximum Gasteiger partial charge on any atom is 0.240 e. The molecule has 7 heteroatoms. The van der Waals surface area contributed by atoms with Crippen molar-refractivity contribution in [3.05, 3.63) is 18.2 Å². The lowest BCUT2D eigenvalue weighted by Gasteiger charge is -2.08. The number of ether oxygens (including phenoxy) is 1. The summed E-state index contributed by atoms with van der Waals surface area (Å²) in [6, 6.07) is 4.76. The molecule has 0 aliphatic carbocycles. The van der Waals surface area contributed by atoms with Gasteiger partial charge in [-0.1, -0.05) is 6.07 Å². The molecule has 0 saturated carbocycles. The molecule has 0 spiro atoms. The number of para-hydroxylation sites is 1. The maximum atomic E-state index is 11.2. The van der Waals surface area contributed by atoms with Crippen LogP contribution in [0.3, 0.4) is 0 Å². The number of thioether (sulfide) groups is 1. The van der Waals surface area contributed by atoms with Crippen molar-refractivity contribution < 1.29 is 13.2 Å². The summed E-state index contributed by atoms with van der Waals surface area (Å²) >= 11 is 1.43. The molecule has 0 aliphatic rings. The summed E-state index contributed by atoms with van der Waals surface area (Å²) in [4.78, 5) is 0.665. The molecule has 0 fully saturated rings. The zero-order valence-electron chi connectivity index (χ0n) is 8.84. The van der Waals surface area contributed by atoms with Crippen molar-refractivity contribution in [2.24, 2.45) is 5.14 Å². The van der Waals surface area contributed by atoms with Gasteiger partial charge in [-0.15, -0.1) is 11.8 Å². The molecular weight excluding hydrogens is 248 g/mol. The molecule has 0 heterocycles. The Balaban J connectivity index is 2.96. The molecule has 0 unspecified atom stereocenters. The van der Waals surface area contributed by atoms with Crippen molar-refractivity contribution >= 4 is 27.5 Å². The fourth-order valence-corrected chi connectivity index (χ4v) is 2.79. The van der Waals surface area contributed by atoms with Gasteiger partial charge in [-0.05, 0) is 12.1 Å². The van der Waals surface area contributed by atoms with Gasteiger partial charge in [-0.3, -0.25) is 0 Å². The SMILES string of the molecule is COCCSc1cccc(S(N)(=O)=O)c1N. The molecule has 0 bridgehead atoms. The molecule has 0 aliphatic heterocycles. The van der Waals surface area contributed by atoms with Gasteiger partial charge in [-0.25, -0.2) is 13.6 Å². The van der Waals surface area contributed by atoms with E-state index in [0.717, 1.165) is 0 Å². The van der Waals surface area contributed by atoms with Crippen LogP contribution in [0, 0.1) is 0 Å². The number of nitrogen functional groups attached to an aromatic ring is 1. The Kier molecular flexibility index (Phi) is 4.60. The van der Waals surface area contributed by atoms with E-state index in [4.69, 9.17) is 15.6 Å². The van der Waals surface area contributed by atoms with E-state index in [1.807, 2.05) is 0 Å². The van der Waals surface area contributed by atoms with Crippen molar-refractivity contribution in [3.63, 3.8) is 0 Å². The van der Waals surface area contributed by atoms with Gasteiger partial charge in [0.2, 0.25) is 10.0 Å². The third-order valence-electron chi connectivity index (χ3n) is 1.88. The number of anilines is 1. The van der Waals surface area contributed by atoms with Crippen LogP contribution in [0.5, 0.6) is 0 Å². The Bertz CT molecular complexity index is 460. The molecule has 0 radical (unpaired) electrons. The van der Waals surface area contributed by atoms with E-state index in [9.17, 15) is 8.42 Å². The van der Waals surface area contributed by atoms with Crippen LogP contribution in [0.4, 0.5) is 5.69 Å². The van der Waals surface area contributed by atoms with Crippen LogP contribution >= 0.6 is 11.8 Å². The van der Waals surface area contributed by atoms with Crippen molar-refractivity contribution in [1.29, 1.82) is 0 Å². The van der Waals surface area contributed by atoms with Crippen molar-refractivity contribution in [1.82, 2.24) is 0 Å². The lowest BCUT2D eigenvalue weighted by atomic mass is 10.3. The smallest absolute Gasteiger partial charge is 0.240 e. The van der Waals surface area contributed by atoms with Gasteiger partial charge >= 0.3 is 0 Å². The third kappa shape index (κ3) is 3.38. The lowest BCUT2D eigenvalue weighted by molar-refractivity contribution is 0.218. The molecule has 1 aromatic rings. The highest BCUT2D eigenvalue weighted by Gasteiger charge is 2.14. The summed E-state index contributed by atoms with van der Waals surface area (Å²) in [5, 5.41) is 5.04. The molecule has 1 rings (SSSR count). The summed E-state index contributed by atoms with van der Waals surface area (Å²) < 4.78 is 27.3. The summed E-state index contributed by atoms with van der Waals surface area (Å²) in [5.41, 5.74) is 5.93. The van der Waals surface area contributed by atoms with Gasteiger partial charge in [-0.2, -0.15) is 0 Å². The first-order valence-corrected chi connectivity index (χ1v) is 7.03. The molecule has 0 aromatic heterocycles. The van der Waals surface area contributed by atoms with Crippen molar-refractivity contribution in [2.75, 3.05) is 25.2 Å². The molecule has 16 heavy (non-hydrogen) atoms. The maximum absolute atomic E-state index is 11.2. The quantitative estimate of drug-likeness (QED) is 0.461. The first kappa shape index (κ1) is 13.3. The monoisotopic (exact) mass is 262 g/mol. The molecule has 5 nitrogen and oxygen atoms in total. The van der Waals surface area contributed by atoms with Gasteiger partial charge in [0, 0.05) is 17.8 Å². The molecule has 0 amide bonds. The van der Waals surface area contributed by atoms with E-state index in [-0.39, 0.29) is 10.6 Å². The summed E-state index contributed by atoms with van der Waals surface area (Å²) in [7, 11) is -2.15. The summed E-state index contributed by atoms with van der Waals surface area (Å²) in [6.07, 6.45) is 0. The number of nitrogens with two attached hydrogens (primary N) is 2. The standard InChI is InChI=1S/C9H14N2O3S2/c1-14-5-6-15-7-3-2-4-8(9(7)10)16(11,12)13/h2-4H,5-6,10H2,1H3,(H2,11,12,13). The molecule has 0 saturated heterocycles. The molecule has 4 N–H and O–H groups in total. The number of sulfonamides is 1. The van der Waals surface area contributed by atoms with Crippen LogP contribution in [0.15, 0.2) is 28.0 Å². The van der Waals surface area contributed by atoms with E-state index in [0.29, 0.717) is 17.3 Å². The predicted molar refractivity (Wildman–Crippen MR) is 64.8 cm³/mol. The third-order valence-corrected chi connectivity index (χ3v) is 3.88. The van der Waals surface area contributed by atoms with Crippen LogP contribution in [-0.2, 0) is 14.8 Å². The lowest BCUT2D eigenvalue weighted by Crippen LogP contribution is -2.14. The van der Waals surface area contributed by atoms with Crippen LogP contribution in [0.2, 0.25) is 0 Å². The average Bonchev–Trinajstić information content (AvgIpc) is 2.19. The highest BCUT2D eigenvalue weighted by atomic mass is 32.2. The fourth-order valence-electron chi connectivity index (χ4n) is 1.13. The van der Waals surface area contributed by atoms with Crippen molar-refractivity contribution in [2.45, 2.75) is 9.79 Å². The van der Waals surface area contributed by atoms with Gasteiger partial charge < -0.3 is 10.5 Å². The minimum absolute atomic E-state index is 0.0325. The second-order valence-electron chi connectivity index (χ2n) is 3.05. The van der Waals surface area contributed by atoms with E-state index >= 15 is 0 Å². The Morgan fingerprint density at radius 1 is 1.44 bits per heavy atom. The topological polar surface area (TPSA) is 95.4 Å². The molecule has 0 atom stereocenters. The largest absolute Gasteiger partial charge is 0.397 e. The molecular formula is C9H14N2O3S2. The van der Waals surface area contributed by atoms with Gasteiger partial charge in [0.25, 0.3) is 0 Å². The minimum Gasteiger partial charge on any atom is -0.397 e. The Hall–Kier alpha value is -0.760. The van der Waals surface area contributed by atoms with E-state index in [2.05, 4.69) is 0 Å². The Morgan fingerprint density at radius 3 is 2.69 bits per heavy atom. The minimum atomic E-state index is -3.76. The fraction of sp³-hybridized carbons (Fsp3) is 0.333. The number of methoxy groups -OCH3 is 1. The van der Waals surface area contributed by atoms with Crippen LogP contribution in [0.1, 0.15) is 0 Å². The first-order chi connectivity index (χ1) is 7.46. The average molecular weight is 262 g/mol. The zero-order chi connectivity index (χ0) is 12.2.